The maximum atomic E-state index is 12.4. The largest absolute Gasteiger partial charge is 0.444 e. The molecular weight excluding hydrogens is 316 g/mol. The lowest BCUT2D eigenvalue weighted by Gasteiger charge is -2.26. The molecule has 1 N–H and O–H groups in total. The number of rotatable bonds is 7. The highest BCUT2D eigenvalue weighted by Crippen LogP contribution is 2.08. The number of carbonyl (C=O) groups is 2. The molecule has 1 amide bonds. The third kappa shape index (κ3) is 8.92. The minimum Gasteiger partial charge on any atom is -0.444 e. The number of alkyl carbamates (subject to hydrolysis) is 1. The number of likely N-dealkylation sites (N-methyl/N-ethyl adjacent to an activating group) is 1. The lowest BCUT2D eigenvalue weighted by molar-refractivity contribution is -0.120. The van der Waals surface area contributed by atoms with E-state index in [1.165, 1.54) is 0 Å². The van der Waals surface area contributed by atoms with Gasteiger partial charge in [-0.15, -0.1) is 5.92 Å². The number of benzene rings is 1. The molecule has 25 heavy (non-hydrogen) atoms. The van der Waals surface area contributed by atoms with Crippen molar-refractivity contribution in [3.63, 3.8) is 0 Å². The van der Waals surface area contributed by atoms with Gasteiger partial charge in [-0.1, -0.05) is 36.3 Å². The first-order valence-corrected chi connectivity index (χ1v) is 8.35. The topological polar surface area (TPSA) is 58.6 Å². The Hall–Kier alpha value is -2.32. The predicted molar refractivity (Wildman–Crippen MR) is 99.0 cm³/mol. The Balaban J connectivity index is 2.73. The molecule has 0 heterocycles. The standard InChI is InChI=1S/C20H28N2O3/c1-6-7-13-18(23)17(21-19(24)25-20(2,3)4)15-22(5)14-16-11-9-8-10-12-16/h8-12,17H,13-15H2,1-5H3,(H,21,24). The number of hydrogen-bond donors (Lipinski definition) is 1. The number of carbonyl (C=O) groups excluding carboxylic acids is 2. The van der Waals surface area contributed by atoms with Crippen LogP contribution in [0.1, 0.15) is 39.7 Å². The molecule has 136 valence electrons. The van der Waals surface area contributed by atoms with Gasteiger partial charge in [0.2, 0.25) is 0 Å². The van der Waals surface area contributed by atoms with Crippen LogP contribution in [0.15, 0.2) is 30.3 Å². The van der Waals surface area contributed by atoms with Crippen molar-refractivity contribution in [3.05, 3.63) is 35.9 Å². The molecule has 0 fully saturated rings. The normalized spacial score (nSPS) is 12.1. The molecule has 0 bridgehead atoms. The minimum absolute atomic E-state index is 0.107. The summed E-state index contributed by atoms with van der Waals surface area (Å²) in [5.41, 5.74) is 0.526. The van der Waals surface area contributed by atoms with E-state index in [9.17, 15) is 9.59 Å². The summed E-state index contributed by atoms with van der Waals surface area (Å²) >= 11 is 0. The summed E-state index contributed by atoms with van der Waals surface area (Å²) in [7, 11) is 1.91. The van der Waals surface area contributed by atoms with Crippen LogP contribution in [0.3, 0.4) is 0 Å². The van der Waals surface area contributed by atoms with Gasteiger partial charge < -0.3 is 10.1 Å². The fraction of sp³-hybridized carbons (Fsp3) is 0.500. The van der Waals surface area contributed by atoms with Crippen LogP contribution in [-0.2, 0) is 16.1 Å². The molecule has 0 aliphatic carbocycles. The lowest BCUT2D eigenvalue weighted by Crippen LogP contribution is -2.48. The molecule has 0 aliphatic heterocycles. The first-order valence-electron chi connectivity index (χ1n) is 8.35. The van der Waals surface area contributed by atoms with Gasteiger partial charge in [0.15, 0.2) is 5.78 Å². The number of nitrogens with one attached hydrogen (secondary N) is 1. The van der Waals surface area contributed by atoms with E-state index in [4.69, 9.17) is 4.74 Å². The van der Waals surface area contributed by atoms with Gasteiger partial charge >= 0.3 is 6.09 Å². The second-order valence-electron chi connectivity index (χ2n) is 6.95. The molecule has 0 radical (unpaired) electrons. The molecule has 0 spiro atoms. The second-order valence-corrected chi connectivity index (χ2v) is 6.95. The number of ketones is 1. The summed E-state index contributed by atoms with van der Waals surface area (Å²) in [5, 5.41) is 2.68. The van der Waals surface area contributed by atoms with Gasteiger partial charge in [-0.3, -0.25) is 9.69 Å². The minimum atomic E-state index is -0.663. The zero-order chi connectivity index (χ0) is 18.9. The first-order chi connectivity index (χ1) is 11.7. The van der Waals surface area contributed by atoms with Crippen LogP contribution in [-0.4, -0.2) is 42.0 Å². The van der Waals surface area contributed by atoms with E-state index in [1.807, 2.05) is 42.3 Å². The van der Waals surface area contributed by atoms with Gasteiger partial charge in [-0.2, -0.15) is 0 Å². The van der Waals surface area contributed by atoms with Crippen molar-refractivity contribution in [2.24, 2.45) is 0 Å². The Labute approximate surface area is 150 Å². The van der Waals surface area contributed by atoms with E-state index < -0.39 is 17.7 Å². The van der Waals surface area contributed by atoms with E-state index in [0.29, 0.717) is 13.1 Å². The van der Waals surface area contributed by atoms with Crippen molar-refractivity contribution in [1.29, 1.82) is 0 Å². The zero-order valence-corrected chi connectivity index (χ0v) is 15.8. The average molecular weight is 344 g/mol. The Bertz CT molecular complexity index is 624. The highest BCUT2D eigenvalue weighted by molar-refractivity contribution is 5.89. The number of amides is 1. The highest BCUT2D eigenvalue weighted by atomic mass is 16.6. The van der Waals surface area contributed by atoms with Crippen molar-refractivity contribution in [1.82, 2.24) is 10.2 Å². The SMILES string of the molecule is CC#CCC(=O)C(CN(C)Cc1ccccc1)NC(=O)OC(C)(C)C. The van der Waals surface area contributed by atoms with Gasteiger partial charge in [0.05, 0.1) is 6.42 Å². The molecule has 0 saturated carbocycles. The van der Waals surface area contributed by atoms with Gasteiger partial charge in [0, 0.05) is 13.1 Å². The van der Waals surface area contributed by atoms with Crippen LogP contribution in [0.25, 0.3) is 0 Å². The molecule has 1 atom stereocenters. The molecule has 0 aliphatic rings. The van der Waals surface area contributed by atoms with Crippen LogP contribution in [0, 0.1) is 11.8 Å². The van der Waals surface area contributed by atoms with Crippen LogP contribution in [0.4, 0.5) is 4.79 Å². The summed E-state index contributed by atoms with van der Waals surface area (Å²) in [4.78, 5) is 26.4. The predicted octanol–water partition coefficient (Wildman–Crippen LogP) is 2.99. The van der Waals surface area contributed by atoms with Crippen molar-refractivity contribution in [3.8, 4) is 11.8 Å². The van der Waals surface area contributed by atoms with Gasteiger partial charge in [-0.05, 0) is 40.3 Å². The maximum Gasteiger partial charge on any atom is 0.408 e. The molecule has 0 saturated heterocycles. The highest BCUT2D eigenvalue weighted by Gasteiger charge is 2.24. The van der Waals surface area contributed by atoms with E-state index in [2.05, 4.69) is 17.2 Å². The Morgan fingerprint density at radius 2 is 1.88 bits per heavy atom. The van der Waals surface area contributed by atoms with Gasteiger partial charge in [0.25, 0.3) is 0 Å². The third-order valence-corrected chi connectivity index (χ3v) is 3.31. The van der Waals surface area contributed by atoms with Crippen LogP contribution >= 0.6 is 0 Å². The van der Waals surface area contributed by atoms with Crippen molar-refractivity contribution in [2.75, 3.05) is 13.6 Å². The third-order valence-electron chi connectivity index (χ3n) is 3.31. The molecule has 1 unspecified atom stereocenters. The fourth-order valence-corrected chi connectivity index (χ4v) is 2.25. The number of nitrogens with zero attached hydrogens (tertiary/aromatic N) is 1. The van der Waals surface area contributed by atoms with E-state index in [-0.39, 0.29) is 12.2 Å². The molecule has 0 aromatic heterocycles. The van der Waals surface area contributed by atoms with E-state index >= 15 is 0 Å². The van der Waals surface area contributed by atoms with Gasteiger partial charge in [0.1, 0.15) is 11.6 Å². The van der Waals surface area contributed by atoms with Crippen molar-refractivity contribution < 1.29 is 14.3 Å². The molecule has 1 rings (SSSR count). The molecular formula is C20H28N2O3. The monoisotopic (exact) mass is 344 g/mol. The van der Waals surface area contributed by atoms with Crippen LogP contribution in [0.2, 0.25) is 0 Å². The number of hydrogen-bond acceptors (Lipinski definition) is 4. The van der Waals surface area contributed by atoms with E-state index in [1.54, 1.807) is 27.7 Å². The summed E-state index contributed by atoms with van der Waals surface area (Å²) in [6, 6.07) is 9.30. The molecule has 5 heteroatoms. The Kier molecular flexibility index (Phi) is 8.17. The van der Waals surface area contributed by atoms with Crippen molar-refractivity contribution >= 4 is 11.9 Å². The second kappa shape index (κ2) is 9.85. The summed E-state index contributed by atoms with van der Waals surface area (Å²) in [6.45, 7) is 8.11. The number of Topliss-reactive ketones (excluding diaryl/α,β-unsaturated/α-hetero) is 1. The number of ether oxygens (including phenoxy) is 1. The maximum absolute atomic E-state index is 12.4. The zero-order valence-electron chi connectivity index (χ0n) is 15.8. The van der Waals surface area contributed by atoms with Crippen LogP contribution < -0.4 is 5.32 Å². The Morgan fingerprint density at radius 1 is 1.24 bits per heavy atom. The summed E-state index contributed by atoms with van der Waals surface area (Å²) in [6.07, 6.45) is -0.487. The molecule has 5 nitrogen and oxygen atoms in total. The van der Waals surface area contributed by atoms with E-state index in [0.717, 1.165) is 5.56 Å². The van der Waals surface area contributed by atoms with Crippen molar-refractivity contribution in [2.45, 2.75) is 52.3 Å². The first kappa shape index (κ1) is 20.7. The summed E-state index contributed by atoms with van der Waals surface area (Å²) < 4.78 is 5.27. The summed E-state index contributed by atoms with van der Waals surface area (Å²) in [5.74, 6) is 5.35. The molecule has 1 aromatic carbocycles. The van der Waals surface area contributed by atoms with Crippen LogP contribution in [0.5, 0.6) is 0 Å². The fourth-order valence-electron chi connectivity index (χ4n) is 2.25. The quantitative estimate of drug-likeness (QED) is 0.773. The van der Waals surface area contributed by atoms with Gasteiger partial charge in [-0.25, -0.2) is 4.79 Å². The average Bonchev–Trinajstić information content (AvgIpc) is 2.51. The Morgan fingerprint density at radius 3 is 2.44 bits per heavy atom. The molecule has 1 aromatic rings. The smallest absolute Gasteiger partial charge is 0.408 e. The lowest BCUT2D eigenvalue weighted by atomic mass is 10.1.